The SMILES string of the molecule is CCCC1=CC(C)C(C)=C1. The number of rotatable bonds is 2. The summed E-state index contributed by atoms with van der Waals surface area (Å²) in [6.45, 7) is 6.70. The number of hydrogen-bond acceptors (Lipinski definition) is 0. The minimum absolute atomic E-state index is 0.696. The Balaban J connectivity index is 2.57. The van der Waals surface area contributed by atoms with Gasteiger partial charge in [-0.1, -0.05) is 43.6 Å². The monoisotopic (exact) mass is 136 g/mol. The first-order valence-electron chi connectivity index (χ1n) is 4.13. The molecular formula is C10H16. The van der Waals surface area contributed by atoms with E-state index in [9.17, 15) is 0 Å². The minimum Gasteiger partial charge on any atom is -0.0744 e. The zero-order chi connectivity index (χ0) is 7.56. The number of hydrogen-bond donors (Lipinski definition) is 0. The summed E-state index contributed by atoms with van der Waals surface area (Å²) in [5, 5.41) is 0. The van der Waals surface area contributed by atoms with E-state index in [-0.39, 0.29) is 0 Å². The predicted molar refractivity (Wildman–Crippen MR) is 45.9 cm³/mol. The van der Waals surface area contributed by atoms with Crippen LogP contribution < -0.4 is 0 Å². The van der Waals surface area contributed by atoms with Gasteiger partial charge in [0.1, 0.15) is 0 Å². The molecule has 1 aliphatic rings. The third-order valence-electron chi connectivity index (χ3n) is 2.13. The molecule has 0 saturated carbocycles. The van der Waals surface area contributed by atoms with Crippen LogP contribution in [0.5, 0.6) is 0 Å². The summed E-state index contributed by atoms with van der Waals surface area (Å²) >= 11 is 0. The lowest BCUT2D eigenvalue weighted by Crippen LogP contribution is -1.83. The van der Waals surface area contributed by atoms with Gasteiger partial charge in [-0.15, -0.1) is 0 Å². The van der Waals surface area contributed by atoms with Crippen LogP contribution in [0.15, 0.2) is 23.3 Å². The second kappa shape index (κ2) is 3.05. The fourth-order valence-corrected chi connectivity index (χ4v) is 1.37. The molecule has 0 fully saturated rings. The molecule has 0 radical (unpaired) electrons. The topological polar surface area (TPSA) is 0 Å². The van der Waals surface area contributed by atoms with Crippen LogP contribution in [0.25, 0.3) is 0 Å². The first kappa shape index (κ1) is 7.59. The molecule has 1 rings (SSSR count). The molecule has 0 spiro atoms. The van der Waals surface area contributed by atoms with Gasteiger partial charge in [-0.05, 0) is 19.3 Å². The fraction of sp³-hybridized carbons (Fsp3) is 0.600. The van der Waals surface area contributed by atoms with Gasteiger partial charge in [0.15, 0.2) is 0 Å². The van der Waals surface area contributed by atoms with Crippen LogP contribution in [0.2, 0.25) is 0 Å². The van der Waals surface area contributed by atoms with Gasteiger partial charge < -0.3 is 0 Å². The van der Waals surface area contributed by atoms with Crippen molar-refractivity contribution < 1.29 is 0 Å². The molecule has 0 heterocycles. The zero-order valence-electron chi connectivity index (χ0n) is 7.15. The van der Waals surface area contributed by atoms with Crippen molar-refractivity contribution in [3.63, 3.8) is 0 Å². The first-order valence-corrected chi connectivity index (χ1v) is 4.13. The van der Waals surface area contributed by atoms with Crippen molar-refractivity contribution in [1.29, 1.82) is 0 Å². The number of allylic oxidation sites excluding steroid dienone is 4. The molecule has 1 atom stereocenters. The van der Waals surface area contributed by atoms with Crippen LogP contribution in [-0.2, 0) is 0 Å². The highest BCUT2D eigenvalue weighted by atomic mass is 14.1. The van der Waals surface area contributed by atoms with Crippen molar-refractivity contribution in [2.45, 2.75) is 33.6 Å². The standard InChI is InChI=1S/C10H16/c1-4-5-10-6-8(2)9(3)7-10/h6-8H,4-5H2,1-3H3. The Bertz CT molecular complexity index is 172. The second-order valence-corrected chi connectivity index (χ2v) is 3.17. The van der Waals surface area contributed by atoms with E-state index in [0.29, 0.717) is 5.92 Å². The molecule has 0 heteroatoms. The van der Waals surface area contributed by atoms with Crippen LogP contribution in [-0.4, -0.2) is 0 Å². The van der Waals surface area contributed by atoms with Crippen molar-refractivity contribution >= 4 is 0 Å². The van der Waals surface area contributed by atoms with Crippen molar-refractivity contribution in [1.82, 2.24) is 0 Å². The van der Waals surface area contributed by atoms with E-state index in [4.69, 9.17) is 0 Å². The normalized spacial score (nSPS) is 24.5. The Kier molecular flexibility index (Phi) is 2.31. The van der Waals surface area contributed by atoms with E-state index in [1.807, 2.05) is 0 Å². The molecule has 0 nitrogen and oxygen atoms in total. The summed E-state index contributed by atoms with van der Waals surface area (Å²) in [5.41, 5.74) is 3.05. The molecule has 0 aromatic rings. The average Bonchev–Trinajstić information content (AvgIpc) is 2.14. The van der Waals surface area contributed by atoms with Crippen molar-refractivity contribution in [2.75, 3.05) is 0 Å². The van der Waals surface area contributed by atoms with Crippen LogP contribution in [0, 0.1) is 5.92 Å². The quantitative estimate of drug-likeness (QED) is 0.546. The van der Waals surface area contributed by atoms with Gasteiger partial charge in [-0.3, -0.25) is 0 Å². The predicted octanol–water partition coefficient (Wildman–Crippen LogP) is 3.31. The molecule has 0 aliphatic heterocycles. The molecule has 0 aromatic heterocycles. The Hall–Kier alpha value is -0.520. The highest BCUT2D eigenvalue weighted by Crippen LogP contribution is 2.25. The van der Waals surface area contributed by atoms with Gasteiger partial charge in [-0.25, -0.2) is 0 Å². The van der Waals surface area contributed by atoms with Crippen LogP contribution in [0.1, 0.15) is 33.6 Å². The van der Waals surface area contributed by atoms with E-state index in [0.717, 1.165) is 0 Å². The zero-order valence-corrected chi connectivity index (χ0v) is 7.15. The van der Waals surface area contributed by atoms with Crippen LogP contribution >= 0.6 is 0 Å². The molecule has 10 heavy (non-hydrogen) atoms. The maximum atomic E-state index is 2.37. The van der Waals surface area contributed by atoms with Gasteiger partial charge in [0.05, 0.1) is 0 Å². The molecule has 0 N–H and O–H groups in total. The Labute approximate surface area is 63.6 Å². The molecule has 0 bridgehead atoms. The third-order valence-corrected chi connectivity index (χ3v) is 2.13. The summed E-state index contributed by atoms with van der Waals surface area (Å²) in [6.07, 6.45) is 7.22. The molecule has 0 aromatic carbocycles. The van der Waals surface area contributed by atoms with Gasteiger partial charge in [0, 0.05) is 0 Å². The summed E-state index contributed by atoms with van der Waals surface area (Å²) < 4.78 is 0. The van der Waals surface area contributed by atoms with Crippen LogP contribution in [0.3, 0.4) is 0 Å². The Morgan fingerprint density at radius 2 is 2.20 bits per heavy atom. The summed E-state index contributed by atoms with van der Waals surface area (Å²) in [5.74, 6) is 0.696. The smallest absolute Gasteiger partial charge is 0.00454 e. The van der Waals surface area contributed by atoms with E-state index < -0.39 is 0 Å². The molecule has 0 amide bonds. The Morgan fingerprint density at radius 3 is 2.60 bits per heavy atom. The van der Waals surface area contributed by atoms with Gasteiger partial charge in [0.25, 0.3) is 0 Å². The van der Waals surface area contributed by atoms with E-state index in [1.165, 1.54) is 24.0 Å². The second-order valence-electron chi connectivity index (χ2n) is 3.17. The van der Waals surface area contributed by atoms with E-state index in [1.54, 1.807) is 0 Å². The first-order chi connectivity index (χ1) is 4.74. The lowest BCUT2D eigenvalue weighted by Gasteiger charge is -1.96. The molecular weight excluding hydrogens is 120 g/mol. The highest BCUT2D eigenvalue weighted by molar-refractivity contribution is 5.33. The minimum atomic E-state index is 0.696. The van der Waals surface area contributed by atoms with Crippen LogP contribution in [0.4, 0.5) is 0 Å². The molecule has 1 unspecified atom stereocenters. The lowest BCUT2D eigenvalue weighted by molar-refractivity contribution is 0.871. The van der Waals surface area contributed by atoms with Gasteiger partial charge >= 0.3 is 0 Å². The molecule has 1 aliphatic carbocycles. The maximum Gasteiger partial charge on any atom is -0.00454 e. The van der Waals surface area contributed by atoms with Crippen molar-refractivity contribution in [3.8, 4) is 0 Å². The molecule has 0 saturated heterocycles. The van der Waals surface area contributed by atoms with E-state index >= 15 is 0 Å². The lowest BCUT2D eigenvalue weighted by atomic mass is 10.1. The fourth-order valence-electron chi connectivity index (χ4n) is 1.37. The largest absolute Gasteiger partial charge is 0.0744 e. The summed E-state index contributed by atoms with van der Waals surface area (Å²) in [7, 11) is 0. The van der Waals surface area contributed by atoms with E-state index in [2.05, 4.69) is 32.9 Å². The van der Waals surface area contributed by atoms with Gasteiger partial charge in [-0.2, -0.15) is 0 Å². The summed E-state index contributed by atoms with van der Waals surface area (Å²) in [6, 6.07) is 0. The van der Waals surface area contributed by atoms with Crippen molar-refractivity contribution in [3.05, 3.63) is 23.3 Å². The maximum absolute atomic E-state index is 2.37. The summed E-state index contributed by atoms with van der Waals surface area (Å²) in [4.78, 5) is 0. The average molecular weight is 136 g/mol. The Morgan fingerprint density at radius 1 is 1.50 bits per heavy atom. The highest BCUT2D eigenvalue weighted by Gasteiger charge is 2.08. The molecule has 56 valence electrons. The van der Waals surface area contributed by atoms with Gasteiger partial charge in [0.2, 0.25) is 0 Å². The van der Waals surface area contributed by atoms with Crippen molar-refractivity contribution in [2.24, 2.45) is 5.92 Å². The third kappa shape index (κ3) is 1.50.